The van der Waals surface area contributed by atoms with E-state index in [1.807, 2.05) is 36.4 Å². The third-order valence-electron chi connectivity index (χ3n) is 5.27. The van der Waals surface area contributed by atoms with E-state index in [1.165, 1.54) is 6.08 Å². The maximum Gasteiger partial charge on any atom is 0.330 e. The molecule has 1 heterocycles. The molecule has 0 unspecified atom stereocenters. The van der Waals surface area contributed by atoms with Crippen LogP contribution in [0.1, 0.15) is 30.1 Å². The Labute approximate surface area is 199 Å². The van der Waals surface area contributed by atoms with Gasteiger partial charge in [0, 0.05) is 37.3 Å². The van der Waals surface area contributed by atoms with Gasteiger partial charge in [0.2, 0.25) is 0 Å². The van der Waals surface area contributed by atoms with Crippen LogP contribution in [0.2, 0.25) is 5.02 Å². The van der Waals surface area contributed by atoms with Gasteiger partial charge in [0.15, 0.2) is 0 Å². The second-order valence-electron chi connectivity index (χ2n) is 7.55. The van der Waals surface area contributed by atoms with E-state index in [0.29, 0.717) is 43.2 Å². The minimum absolute atomic E-state index is 0.00828. The SMILES string of the molecule is CCOC(=O)/C=C/CNCCCN1c2ccccc2C(=O)N(CCCO)c2ccc(Cl)cc21. The molecule has 2 N–H and O–H groups in total. The maximum atomic E-state index is 13.4. The zero-order valence-electron chi connectivity index (χ0n) is 18.8. The number of aliphatic hydroxyl groups is 1. The molecule has 0 bridgehead atoms. The number of aliphatic hydroxyl groups excluding tert-OH is 1. The molecule has 176 valence electrons. The largest absolute Gasteiger partial charge is 0.463 e. The van der Waals surface area contributed by atoms with Crippen molar-refractivity contribution in [3.05, 3.63) is 65.2 Å². The first-order valence-electron chi connectivity index (χ1n) is 11.2. The molecule has 0 fully saturated rings. The quantitative estimate of drug-likeness (QED) is 0.293. The van der Waals surface area contributed by atoms with Gasteiger partial charge in [-0.3, -0.25) is 4.79 Å². The highest BCUT2D eigenvalue weighted by Gasteiger charge is 2.30. The summed E-state index contributed by atoms with van der Waals surface area (Å²) in [6.07, 6.45) is 4.45. The van der Waals surface area contributed by atoms with Crippen molar-refractivity contribution in [1.82, 2.24) is 5.32 Å². The van der Waals surface area contributed by atoms with E-state index < -0.39 is 0 Å². The molecule has 33 heavy (non-hydrogen) atoms. The van der Waals surface area contributed by atoms with Gasteiger partial charge in [-0.2, -0.15) is 0 Å². The van der Waals surface area contributed by atoms with Gasteiger partial charge in [-0.15, -0.1) is 0 Å². The van der Waals surface area contributed by atoms with E-state index in [0.717, 1.165) is 30.0 Å². The molecule has 8 heteroatoms. The molecule has 0 saturated carbocycles. The summed E-state index contributed by atoms with van der Waals surface area (Å²) in [6.45, 7) is 4.51. The number of hydrogen-bond acceptors (Lipinski definition) is 6. The Balaban J connectivity index is 1.78. The number of nitrogens with zero attached hydrogens (tertiary/aromatic N) is 2. The van der Waals surface area contributed by atoms with E-state index in [9.17, 15) is 14.7 Å². The van der Waals surface area contributed by atoms with E-state index in [2.05, 4.69) is 10.2 Å². The lowest BCUT2D eigenvalue weighted by Gasteiger charge is -2.28. The Bertz CT molecular complexity index is 995. The summed E-state index contributed by atoms with van der Waals surface area (Å²) in [7, 11) is 0. The second kappa shape index (κ2) is 12.4. The molecule has 1 amide bonds. The van der Waals surface area contributed by atoms with Crippen LogP contribution in [0.15, 0.2) is 54.6 Å². The molecule has 1 aliphatic heterocycles. The number of hydrogen-bond donors (Lipinski definition) is 2. The number of para-hydroxylation sites is 1. The molecule has 1 aliphatic rings. The highest BCUT2D eigenvalue weighted by Crippen LogP contribution is 2.42. The standard InChI is InChI=1S/C25H30ClN3O4/c1-2-33-24(31)10-5-13-27-14-6-15-28-21-9-4-3-8-20(21)25(32)29(16-7-17-30)22-12-11-19(26)18-23(22)28/h3-5,8-12,18,27,30H,2,6-7,13-17H2,1H3/b10-5+. The van der Waals surface area contributed by atoms with Gasteiger partial charge in [-0.1, -0.05) is 29.8 Å². The smallest absolute Gasteiger partial charge is 0.330 e. The van der Waals surface area contributed by atoms with Crippen LogP contribution in [-0.4, -0.2) is 56.4 Å². The minimum Gasteiger partial charge on any atom is -0.463 e. The number of carbonyl (C=O) groups is 2. The van der Waals surface area contributed by atoms with E-state index in [4.69, 9.17) is 16.3 Å². The van der Waals surface area contributed by atoms with Gasteiger partial charge in [0.05, 0.1) is 29.2 Å². The van der Waals surface area contributed by atoms with Crippen molar-refractivity contribution in [1.29, 1.82) is 0 Å². The van der Waals surface area contributed by atoms with Gasteiger partial charge in [0.1, 0.15) is 0 Å². The molecule has 0 aliphatic carbocycles. The number of amides is 1. The van der Waals surface area contributed by atoms with Gasteiger partial charge in [0.25, 0.3) is 5.91 Å². The van der Waals surface area contributed by atoms with Crippen molar-refractivity contribution in [3.8, 4) is 0 Å². The monoisotopic (exact) mass is 471 g/mol. The van der Waals surface area contributed by atoms with Crippen LogP contribution in [0.3, 0.4) is 0 Å². The number of anilines is 3. The zero-order chi connectivity index (χ0) is 23.6. The first-order chi connectivity index (χ1) is 16.1. The highest BCUT2D eigenvalue weighted by molar-refractivity contribution is 6.31. The molecular formula is C25H30ClN3O4. The van der Waals surface area contributed by atoms with Gasteiger partial charge < -0.3 is 25.0 Å². The van der Waals surface area contributed by atoms with Gasteiger partial charge >= 0.3 is 5.97 Å². The topological polar surface area (TPSA) is 82.1 Å². The summed E-state index contributed by atoms with van der Waals surface area (Å²) in [6, 6.07) is 13.1. The van der Waals surface area contributed by atoms with Crippen LogP contribution >= 0.6 is 11.6 Å². The van der Waals surface area contributed by atoms with Gasteiger partial charge in [-0.05, 0) is 56.6 Å². The number of halogens is 1. The first-order valence-corrected chi connectivity index (χ1v) is 11.6. The summed E-state index contributed by atoms with van der Waals surface area (Å²) in [4.78, 5) is 28.6. The second-order valence-corrected chi connectivity index (χ2v) is 7.98. The minimum atomic E-state index is -0.343. The van der Waals surface area contributed by atoms with Crippen molar-refractivity contribution in [3.63, 3.8) is 0 Å². The predicted octanol–water partition coefficient (Wildman–Crippen LogP) is 3.92. The van der Waals surface area contributed by atoms with Crippen LogP contribution in [0.25, 0.3) is 0 Å². The van der Waals surface area contributed by atoms with Crippen LogP contribution in [0.4, 0.5) is 17.1 Å². The Morgan fingerprint density at radius 3 is 2.67 bits per heavy atom. The average Bonchev–Trinajstić information content (AvgIpc) is 2.90. The molecule has 0 saturated heterocycles. The Morgan fingerprint density at radius 2 is 1.88 bits per heavy atom. The first kappa shape index (κ1) is 24.8. The third kappa shape index (κ3) is 6.35. The van der Waals surface area contributed by atoms with Crippen molar-refractivity contribution in [2.45, 2.75) is 19.8 Å². The van der Waals surface area contributed by atoms with Crippen LogP contribution in [-0.2, 0) is 9.53 Å². The number of nitrogens with one attached hydrogen (secondary N) is 1. The van der Waals surface area contributed by atoms with E-state index in [-0.39, 0.29) is 18.5 Å². The number of carbonyl (C=O) groups excluding carboxylic acids is 2. The highest BCUT2D eigenvalue weighted by atomic mass is 35.5. The molecule has 0 aromatic heterocycles. The van der Waals surface area contributed by atoms with Crippen molar-refractivity contribution >= 4 is 40.5 Å². The molecule has 0 spiro atoms. The maximum absolute atomic E-state index is 13.4. The third-order valence-corrected chi connectivity index (χ3v) is 5.50. The lowest BCUT2D eigenvalue weighted by atomic mass is 10.1. The molecule has 0 atom stereocenters. The summed E-state index contributed by atoms with van der Waals surface area (Å²) in [5.74, 6) is -0.434. The average molecular weight is 472 g/mol. The molecule has 2 aromatic carbocycles. The van der Waals surface area contributed by atoms with Crippen LogP contribution in [0, 0.1) is 0 Å². The normalized spacial score (nSPS) is 13.1. The van der Waals surface area contributed by atoms with Gasteiger partial charge in [-0.25, -0.2) is 4.79 Å². The van der Waals surface area contributed by atoms with Crippen molar-refractivity contribution in [2.75, 3.05) is 49.2 Å². The zero-order valence-corrected chi connectivity index (χ0v) is 19.6. The molecular weight excluding hydrogens is 442 g/mol. The number of fused-ring (bicyclic) bond motifs is 2. The number of rotatable bonds is 11. The van der Waals surface area contributed by atoms with Crippen molar-refractivity contribution < 1.29 is 19.4 Å². The van der Waals surface area contributed by atoms with Crippen molar-refractivity contribution in [2.24, 2.45) is 0 Å². The predicted molar refractivity (Wildman–Crippen MR) is 132 cm³/mol. The fourth-order valence-corrected chi connectivity index (χ4v) is 3.97. The molecule has 0 radical (unpaired) electrons. The van der Waals surface area contributed by atoms with Crippen LogP contribution in [0.5, 0.6) is 0 Å². The Morgan fingerprint density at radius 1 is 1.09 bits per heavy atom. The Hall–Kier alpha value is -2.87. The van der Waals surface area contributed by atoms with E-state index in [1.54, 1.807) is 24.0 Å². The number of benzene rings is 2. The van der Waals surface area contributed by atoms with Crippen LogP contribution < -0.4 is 15.1 Å². The summed E-state index contributed by atoms with van der Waals surface area (Å²) in [5.41, 5.74) is 3.09. The lowest BCUT2D eigenvalue weighted by molar-refractivity contribution is -0.137. The summed E-state index contributed by atoms with van der Waals surface area (Å²) in [5, 5.41) is 13.2. The summed E-state index contributed by atoms with van der Waals surface area (Å²) >= 11 is 6.35. The summed E-state index contributed by atoms with van der Waals surface area (Å²) < 4.78 is 4.86. The molecule has 7 nitrogen and oxygen atoms in total. The molecule has 2 aromatic rings. The number of esters is 1. The number of ether oxygens (including phenoxy) is 1. The fourth-order valence-electron chi connectivity index (χ4n) is 3.80. The van der Waals surface area contributed by atoms with E-state index >= 15 is 0 Å². The Kier molecular flexibility index (Phi) is 9.30. The molecule has 3 rings (SSSR count). The fraction of sp³-hybridized carbons (Fsp3) is 0.360. The lowest BCUT2D eigenvalue weighted by Crippen LogP contribution is -2.31.